The van der Waals surface area contributed by atoms with Crippen molar-refractivity contribution in [1.82, 2.24) is 9.78 Å². The summed E-state index contributed by atoms with van der Waals surface area (Å²) in [6.07, 6.45) is 5.92. The Kier molecular flexibility index (Phi) is 3.29. The van der Waals surface area contributed by atoms with Gasteiger partial charge in [0.2, 0.25) is 0 Å². The van der Waals surface area contributed by atoms with Crippen LogP contribution in [-0.4, -0.2) is 15.3 Å². The van der Waals surface area contributed by atoms with Crippen LogP contribution < -0.4 is 5.73 Å². The number of nitrogens with zero attached hydrogens (tertiary/aromatic N) is 2. The van der Waals surface area contributed by atoms with Gasteiger partial charge < -0.3 is 5.73 Å². The van der Waals surface area contributed by atoms with Crippen molar-refractivity contribution in [2.75, 3.05) is 0 Å². The van der Waals surface area contributed by atoms with Crippen LogP contribution >= 0.6 is 0 Å². The van der Waals surface area contributed by atoms with Gasteiger partial charge in [-0.2, -0.15) is 5.10 Å². The minimum Gasteiger partial charge on any atom is -0.326 e. The summed E-state index contributed by atoms with van der Waals surface area (Å²) < 4.78 is 1.90. The maximum atomic E-state index is 5.97. The molecule has 0 bridgehead atoms. The van der Waals surface area contributed by atoms with Crippen molar-refractivity contribution in [3.05, 3.63) is 48.3 Å². The second-order valence-corrected chi connectivity index (χ2v) is 5.12. The molecule has 0 saturated heterocycles. The average Bonchev–Trinajstić information content (AvgIpc) is 2.75. The van der Waals surface area contributed by atoms with E-state index < -0.39 is 0 Å². The molecule has 0 saturated carbocycles. The Hall–Kier alpha value is -1.61. The summed E-state index contributed by atoms with van der Waals surface area (Å²) in [6, 6.07) is 10.1. The summed E-state index contributed by atoms with van der Waals surface area (Å²) in [5.74, 6) is 0. The van der Waals surface area contributed by atoms with Crippen LogP contribution in [0.5, 0.6) is 0 Å². The fourth-order valence-electron chi connectivity index (χ4n) is 1.68. The number of hydrogen-bond acceptors (Lipinski definition) is 2. The monoisotopic (exact) mass is 229 g/mol. The third-order valence-corrected chi connectivity index (χ3v) is 2.71. The number of aromatic nitrogens is 2. The summed E-state index contributed by atoms with van der Waals surface area (Å²) in [7, 11) is 0. The molecule has 3 nitrogen and oxygen atoms in total. The lowest BCUT2D eigenvalue weighted by molar-refractivity contribution is 0.477. The van der Waals surface area contributed by atoms with Crippen LogP contribution in [0.2, 0.25) is 0 Å². The van der Waals surface area contributed by atoms with Gasteiger partial charge in [0.25, 0.3) is 0 Å². The van der Waals surface area contributed by atoms with E-state index in [4.69, 9.17) is 5.73 Å². The van der Waals surface area contributed by atoms with Crippen molar-refractivity contribution >= 4 is 0 Å². The maximum Gasteiger partial charge on any atom is 0.0645 e. The molecule has 0 spiro atoms. The van der Waals surface area contributed by atoms with Crippen molar-refractivity contribution < 1.29 is 0 Å². The number of para-hydroxylation sites is 1. The molecule has 1 aromatic heterocycles. The van der Waals surface area contributed by atoms with Gasteiger partial charge >= 0.3 is 0 Å². The Morgan fingerprint density at radius 3 is 2.59 bits per heavy atom. The highest BCUT2D eigenvalue weighted by molar-refractivity contribution is 5.30. The Labute approximate surface area is 102 Å². The Morgan fingerprint density at radius 2 is 1.94 bits per heavy atom. The third kappa shape index (κ3) is 3.43. The van der Waals surface area contributed by atoms with E-state index in [1.165, 1.54) is 5.56 Å². The van der Waals surface area contributed by atoms with E-state index in [9.17, 15) is 0 Å². The predicted molar refractivity (Wildman–Crippen MR) is 70.2 cm³/mol. The molecule has 0 aliphatic carbocycles. The Bertz CT molecular complexity index is 466. The standard InChI is InChI=1S/C14H19N3/c1-14(2,15)9-8-12-10-16-17(11-12)13-6-4-3-5-7-13/h3-7,10-11H,8-9,15H2,1-2H3. The maximum absolute atomic E-state index is 5.97. The SMILES string of the molecule is CC(C)(N)CCc1cnn(-c2ccccc2)c1. The lowest BCUT2D eigenvalue weighted by Crippen LogP contribution is -2.32. The fraction of sp³-hybridized carbons (Fsp3) is 0.357. The second kappa shape index (κ2) is 4.72. The molecule has 0 amide bonds. The van der Waals surface area contributed by atoms with E-state index >= 15 is 0 Å². The molecule has 0 unspecified atom stereocenters. The van der Waals surface area contributed by atoms with Gasteiger partial charge in [-0.3, -0.25) is 0 Å². The van der Waals surface area contributed by atoms with E-state index in [-0.39, 0.29) is 5.54 Å². The molecule has 0 atom stereocenters. The summed E-state index contributed by atoms with van der Waals surface area (Å²) in [5, 5.41) is 4.36. The van der Waals surface area contributed by atoms with Crippen LogP contribution in [0.15, 0.2) is 42.7 Å². The average molecular weight is 229 g/mol. The first-order chi connectivity index (χ1) is 8.04. The predicted octanol–water partition coefficient (Wildman–Crippen LogP) is 2.54. The van der Waals surface area contributed by atoms with Crippen molar-refractivity contribution in [2.24, 2.45) is 5.73 Å². The summed E-state index contributed by atoms with van der Waals surface area (Å²) >= 11 is 0. The van der Waals surface area contributed by atoms with E-state index in [2.05, 4.69) is 25.1 Å². The minimum absolute atomic E-state index is 0.116. The van der Waals surface area contributed by atoms with E-state index in [0.717, 1.165) is 18.5 Å². The number of aryl methyl sites for hydroxylation is 1. The molecule has 0 aliphatic heterocycles. The molecule has 2 N–H and O–H groups in total. The van der Waals surface area contributed by atoms with Crippen molar-refractivity contribution in [2.45, 2.75) is 32.2 Å². The zero-order valence-corrected chi connectivity index (χ0v) is 10.4. The molecule has 1 heterocycles. The first-order valence-corrected chi connectivity index (χ1v) is 5.92. The summed E-state index contributed by atoms with van der Waals surface area (Å²) in [6.45, 7) is 4.10. The number of hydrogen-bond donors (Lipinski definition) is 1. The highest BCUT2D eigenvalue weighted by Crippen LogP contribution is 2.12. The molecule has 90 valence electrons. The molecule has 0 radical (unpaired) electrons. The van der Waals surface area contributed by atoms with E-state index in [1.54, 1.807) is 0 Å². The largest absolute Gasteiger partial charge is 0.326 e. The number of nitrogens with two attached hydrogens (primary N) is 1. The molecule has 17 heavy (non-hydrogen) atoms. The fourth-order valence-corrected chi connectivity index (χ4v) is 1.68. The summed E-state index contributed by atoms with van der Waals surface area (Å²) in [5.41, 5.74) is 8.18. The first-order valence-electron chi connectivity index (χ1n) is 5.92. The van der Waals surface area contributed by atoms with Gasteiger partial charge in [-0.05, 0) is 44.4 Å². The van der Waals surface area contributed by atoms with Crippen LogP contribution in [0.3, 0.4) is 0 Å². The van der Waals surface area contributed by atoms with Gasteiger partial charge in [0.1, 0.15) is 0 Å². The molecule has 3 heteroatoms. The Morgan fingerprint density at radius 1 is 1.24 bits per heavy atom. The van der Waals surface area contributed by atoms with Crippen LogP contribution in [0, 0.1) is 0 Å². The lowest BCUT2D eigenvalue weighted by atomic mass is 9.98. The molecule has 2 rings (SSSR count). The van der Waals surface area contributed by atoms with Gasteiger partial charge in [-0.1, -0.05) is 18.2 Å². The van der Waals surface area contributed by atoms with Crippen molar-refractivity contribution in [3.8, 4) is 5.69 Å². The zero-order chi connectivity index (χ0) is 12.3. The highest BCUT2D eigenvalue weighted by Gasteiger charge is 2.11. The van der Waals surface area contributed by atoms with Crippen LogP contribution in [-0.2, 0) is 6.42 Å². The van der Waals surface area contributed by atoms with Crippen molar-refractivity contribution in [1.29, 1.82) is 0 Å². The molecule has 0 aliphatic rings. The zero-order valence-electron chi connectivity index (χ0n) is 10.4. The van der Waals surface area contributed by atoms with Crippen LogP contribution in [0.4, 0.5) is 0 Å². The smallest absolute Gasteiger partial charge is 0.0645 e. The topological polar surface area (TPSA) is 43.8 Å². The van der Waals surface area contributed by atoms with Gasteiger partial charge in [0, 0.05) is 11.7 Å². The number of rotatable bonds is 4. The quantitative estimate of drug-likeness (QED) is 0.875. The molecular weight excluding hydrogens is 210 g/mol. The van der Waals surface area contributed by atoms with Gasteiger partial charge in [-0.15, -0.1) is 0 Å². The normalized spacial score (nSPS) is 11.7. The van der Waals surface area contributed by atoms with Crippen LogP contribution in [0.1, 0.15) is 25.8 Å². The Balaban J connectivity index is 2.07. The molecular formula is C14H19N3. The van der Waals surface area contributed by atoms with E-state index in [0.29, 0.717) is 0 Å². The van der Waals surface area contributed by atoms with Crippen LogP contribution in [0.25, 0.3) is 5.69 Å². The summed E-state index contributed by atoms with van der Waals surface area (Å²) in [4.78, 5) is 0. The van der Waals surface area contributed by atoms with Gasteiger partial charge in [-0.25, -0.2) is 4.68 Å². The lowest BCUT2D eigenvalue weighted by Gasteiger charge is -2.17. The first kappa shape index (κ1) is 11.9. The molecule has 0 fully saturated rings. The van der Waals surface area contributed by atoms with Gasteiger partial charge in [0.15, 0.2) is 0 Å². The van der Waals surface area contributed by atoms with E-state index in [1.807, 2.05) is 41.2 Å². The van der Waals surface area contributed by atoms with Gasteiger partial charge in [0.05, 0.1) is 11.9 Å². The highest BCUT2D eigenvalue weighted by atomic mass is 15.3. The number of benzene rings is 1. The molecule has 1 aromatic carbocycles. The second-order valence-electron chi connectivity index (χ2n) is 5.12. The third-order valence-electron chi connectivity index (χ3n) is 2.71. The minimum atomic E-state index is -0.116. The molecule has 2 aromatic rings. The van der Waals surface area contributed by atoms with Crippen molar-refractivity contribution in [3.63, 3.8) is 0 Å².